The first-order valence-corrected chi connectivity index (χ1v) is 29.5. The topological polar surface area (TPSA) is 231 Å². The van der Waals surface area contributed by atoms with Gasteiger partial charge in [-0.2, -0.15) is 0 Å². The van der Waals surface area contributed by atoms with Gasteiger partial charge in [0, 0.05) is 12.8 Å². The number of unbranched alkanes of at least 4 members (excludes halogenated alkanes) is 20. The average Bonchev–Trinajstić information content (AvgIpc) is 3.42. The van der Waals surface area contributed by atoms with Crippen LogP contribution in [0.25, 0.3) is 0 Å². The molecule has 11 atom stereocenters. The van der Waals surface area contributed by atoms with Gasteiger partial charge in [-0.25, -0.2) is 0 Å². The Morgan fingerprint density at radius 3 is 1.38 bits per heavy atom. The summed E-state index contributed by atoms with van der Waals surface area (Å²) in [5, 5.41) is 72.3. The lowest BCUT2D eigenvalue weighted by molar-refractivity contribution is -0.332. The van der Waals surface area contributed by atoms with Crippen LogP contribution in [-0.4, -0.2) is 142 Å². The number of carbonyl (C=O) groups excluding carboxylic acids is 2. The molecule has 4 unspecified atom stereocenters. The maximum Gasteiger partial charge on any atom is 0.306 e. The minimum atomic E-state index is -1.78. The Morgan fingerprint density at radius 2 is 0.842 bits per heavy atom. The Kier molecular flexibility index (Phi) is 42.5. The molecule has 0 radical (unpaired) electrons. The lowest BCUT2D eigenvalue weighted by Crippen LogP contribution is -2.61. The molecule has 0 aliphatic carbocycles. The van der Waals surface area contributed by atoms with Crippen molar-refractivity contribution in [1.82, 2.24) is 0 Å². The van der Waals surface area contributed by atoms with Gasteiger partial charge in [0.2, 0.25) is 0 Å². The molecule has 76 heavy (non-hydrogen) atoms. The molecule has 2 heterocycles. The second-order valence-corrected chi connectivity index (χ2v) is 20.5. The van der Waals surface area contributed by atoms with Crippen LogP contribution in [-0.2, 0) is 38.0 Å². The van der Waals surface area contributed by atoms with E-state index in [1.54, 1.807) is 0 Å². The summed E-state index contributed by atoms with van der Waals surface area (Å²) in [4.78, 5) is 25.9. The standard InChI is InChI=1S/C61H104O15/c1-3-5-7-9-11-13-15-17-19-21-22-23-24-25-26-28-30-32-34-36-38-40-42-44-53(64)74-49(46-71-52(63)43-41-39-37-35-33-31-29-27-20-18-16-14-12-10-8-6-4-2)47-72-60-59(70)57(68)55(66)51(76-60)48-73-61-58(69)56(67)54(65)50(45-62)75-61/h8,10,14,16,20,27-28,30-31,33,36,38,49-51,54-62,65-70H,3-7,9,11-13,15,17-19,21-26,29,32,34-35,37,39-48H2,1-2H3/b10-8+,16-14+,27-20+,30-28+,33-31+,38-36+/t49-,50+,51+,54-,55-,56?,57?,58?,59?,60+,61+/m1/s1. The summed E-state index contributed by atoms with van der Waals surface area (Å²) >= 11 is 0. The largest absolute Gasteiger partial charge is 0.462 e. The summed E-state index contributed by atoms with van der Waals surface area (Å²) in [5.41, 5.74) is 0. The van der Waals surface area contributed by atoms with Crippen LogP contribution in [0.4, 0.5) is 0 Å². The lowest BCUT2D eigenvalue weighted by atomic mass is 9.98. The fraction of sp³-hybridized carbons (Fsp3) is 0.770. The van der Waals surface area contributed by atoms with Crippen LogP contribution >= 0.6 is 0 Å². The van der Waals surface area contributed by atoms with E-state index >= 15 is 0 Å². The number of ether oxygens (including phenoxy) is 6. The Labute approximate surface area is 457 Å². The van der Waals surface area contributed by atoms with Crippen molar-refractivity contribution in [3.05, 3.63) is 72.9 Å². The zero-order valence-corrected chi connectivity index (χ0v) is 46.7. The Balaban J connectivity index is 1.78. The second-order valence-electron chi connectivity index (χ2n) is 20.5. The second kappa shape index (κ2) is 46.8. The zero-order chi connectivity index (χ0) is 55.3. The zero-order valence-electron chi connectivity index (χ0n) is 46.7. The van der Waals surface area contributed by atoms with Crippen molar-refractivity contribution in [3.8, 4) is 0 Å². The van der Waals surface area contributed by atoms with Gasteiger partial charge in [0.1, 0.15) is 55.4 Å². The first kappa shape index (κ1) is 69.0. The normalized spacial score (nSPS) is 24.9. The third-order valence-electron chi connectivity index (χ3n) is 13.6. The summed E-state index contributed by atoms with van der Waals surface area (Å²) in [5.74, 6) is -1.01. The van der Waals surface area contributed by atoms with Gasteiger partial charge in [0.15, 0.2) is 18.7 Å². The number of rotatable bonds is 46. The molecule has 2 aliphatic heterocycles. The molecule has 0 bridgehead atoms. The quantitative estimate of drug-likeness (QED) is 0.0171. The Hall–Kier alpha value is -3.06. The molecule has 2 rings (SSSR count). The van der Waals surface area contributed by atoms with Crippen LogP contribution in [0.2, 0.25) is 0 Å². The third-order valence-corrected chi connectivity index (χ3v) is 13.6. The molecule has 2 saturated heterocycles. The summed E-state index contributed by atoms with van der Waals surface area (Å²) < 4.78 is 33.6. The molecular weight excluding hydrogens is 973 g/mol. The van der Waals surface area contributed by atoms with Gasteiger partial charge in [0.25, 0.3) is 0 Å². The first-order valence-electron chi connectivity index (χ1n) is 29.5. The number of esters is 2. The van der Waals surface area contributed by atoms with Crippen LogP contribution in [0.15, 0.2) is 72.9 Å². The number of hydrogen-bond acceptors (Lipinski definition) is 15. The van der Waals surface area contributed by atoms with Gasteiger partial charge < -0.3 is 64.2 Å². The van der Waals surface area contributed by atoms with Crippen LogP contribution in [0.3, 0.4) is 0 Å². The highest BCUT2D eigenvalue weighted by atomic mass is 16.7. The fourth-order valence-corrected chi connectivity index (χ4v) is 8.82. The summed E-state index contributed by atoms with van der Waals surface area (Å²) in [6, 6.07) is 0. The molecular formula is C61H104O15. The molecule has 7 N–H and O–H groups in total. The van der Waals surface area contributed by atoms with Gasteiger partial charge in [0.05, 0.1) is 19.8 Å². The Bertz CT molecular complexity index is 1590. The van der Waals surface area contributed by atoms with Crippen molar-refractivity contribution in [2.75, 3.05) is 26.4 Å². The minimum Gasteiger partial charge on any atom is -0.462 e. The summed E-state index contributed by atoms with van der Waals surface area (Å²) in [7, 11) is 0. The van der Waals surface area contributed by atoms with E-state index in [1.165, 1.54) is 96.3 Å². The molecule has 438 valence electrons. The van der Waals surface area contributed by atoms with Crippen LogP contribution < -0.4 is 0 Å². The van der Waals surface area contributed by atoms with Crippen molar-refractivity contribution in [2.24, 2.45) is 0 Å². The van der Waals surface area contributed by atoms with E-state index in [0.717, 1.165) is 64.2 Å². The van der Waals surface area contributed by atoms with Crippen molar-refractivity contribution in [3.63, 3.8) is 0 Å². The van der Waals surface area contributed by atoms with Crippen molar-refractivity contribution in [1.29, 1.82) is 0 Å². The monoisotopic (exact) mass is 1080 g/mol. The van der Waals surface area contributed by atoms with Crippen LogP contribution in [0, 0.1) is 0 Å². The minimum absolute atomic E-state index is 0.0953. The number of allylic oxidation sites excluding steroid dienone is 12. The van der Waals surface area contributed by atoms with E-state index in [4.69, 9.17) is 28.4 Å². The molecule has 15 nitrogen and oxygen atoms in total. The van der Waals surface area contributed by atoms with Crippen LogP contribution in [0.1, 0.15) is 206 Å². The van der Waals surface area contributed by atoms with Gasteiger partial charge >= 0.3 is 11.9 Å². The third kappa shape index (κ3) is 33.4. The van der Waals surface area contributed by atoms with Crippen molar-refractivity contribution < 1.29 is 73.8 Å². The first-order chi connectivity index (χ1) is 37.0. The summed E-state index contributed by atoms with van der Waals surface area (Å²) in [6.45, 7) is 2.47. The highest BCUT2D eigenvalue weighted by Gasteiger charge is 2.47. The smallest absolute Gasteiger partial charge is 0.306 e. The van der Waals surface area contributed by atoms with E-state index in [1.807, 2.05) is 0 Å². The molecule has 0 amide bonds. The summed E-state index contributed by atoms with van der Waals surface area (Å²) in [6.07, 6.45) is 40.8. The average molecular weight is 1080 g/mol. The van der Waals surface area contributed by atoms with E-state index in [2.05, 4.69) is 86.8 Å². The van der Waals surface area contributed by atoms with E-state index < -0.39 is 99.3 Å². The van der Waals surface area contributed by atoms with Crippen molar-refractivity contribution >= 4 is 11.9 Å². The molecule has 0 aromatic carbocycles. The van der Waals surface area contributed by atoms with Crippen molar-refractivity contribution in [2.45, 2.75) is 274 Å². The van der Waals surface area contributed by atoms with Gasteiger partial charge in [-0.3, -0.25) is 9.59 Å². The highest BCUT2D eigenvalue weighted by molar-refractivity contribution is 5.70. The maximum atomic E-state index is 13.1. The SMILES string of the molecule is CCC/C=C/C/C=C/C/C=C/C/C=C/CCCCCC(=O)OC[C@H](CO[C@H]1O[C@@H](CO[C@H]2O[C@@H](CO)[C@@H](O)C(O)C2O)[C@@H](O)C(O)C1O)OC(=O)CCC/C=C/CC/C=C/CCCCCCCCCCCCCCCC. The maximum absolute atomic E-state index is 13.1. The highest BCUT2D eigenvalue weighted by Crippen LogP contribution is 2.26. The molecule has 2 aliphatic rings. The van der Waals surface area contributed by atoms with E-state index in [-0.39, 0.29) is 19.4 Å². The lowest BCUT2D eigenvalue weighted by Gasteiger charge is -2.42. The predicted octanol–water partition coefficient (Wildman–Crippen LogP) is 10.2. The van der Waals surface area contributed by atoms with Gasteiger partial charge in [-0.15, -0.1) is 0 Å². The predicted molar refractivity (Wildman–Crippen MR) is 298 cm³/mol. The molecule has 2 fully saturated rings. The molecule has 0 spiro atoms. The molecule has 0 saturated carbocycles. The number of carbonyl (C=O) groups is 2. The van der Waals surface area contributed by atoms with E-state index in [0.29, 0.717) is 19.3 Å². The van der Waals surface area contributed by atoms with Gasteiger partial charge in [-0.1, -0.05) is 183 Å². The molecule has 0 aromatic rings. The van der Waals surface area contributed by atoms with E-state index in [9.17, 15) is 45.3 Å². The van der Waals surface area contributed by atoms with Gasteiger partial charge in [-0.05, 0) is 83.5 Å². The number of hydrogen-bond donors (Lipinski definition) is 7. The number of aliphatic hydroxyl groups is 7. The molecule has 15 heteroatoms. The Morgan fingerprint density at radius 1 is 0.421 bits per heavy atom. The number of aliphatic hydroxyl groups excluding tert-OH is 7. The molecule has 0 aromatic heterocycles. The van der Waals surface area contributed by atoms with Crippen LogP contribution in [0.5, 0.6) is 0 Å². The fourth-order valence-electron chi connectivity index (χ4n) is 8.82.